The molecule has 6 nitrogen and oxygen atoms in total. The van der Waals surface area contributed by atoms with E-state index in [4.69, 9.17) is 15.2 Å². The molecule has 2 atom stereocenters. The Balaban J connectivity index is 1.51. The van der Waals surface area contributed by atoms with Crippen LogP contribution in [0.4, 0.5) is 14.9 Å². The largest absolute Gasteiger partial charge is 0.450 e. The Hall–Kier alpha value is -1.86. The van der Waals surface area contributed by atoms with Gasteiger partial charge in [0.1, 0.15) is 5.82 Å². The minimum Gasteiger partial charge on any atom is -0.450 e. The van der Waals surface area contributed by atoms with Crippen molar-refractivity contribution in [1.82, 2.24) is 4.90 Å². The minimum atomic E-state index is -0.310. The molecular weight excluding hydrogens is 349 g/mol. The lowest BCUT2D eigenvalue weighted by atomic mass is 9.98. The number of ether oxygens (including phenoxy) is 2. The van der Waals surface area contributed by atoms with Crippen molar-refractivity contribution in [3.05, 3.63) is 30.1 Å². The highest BCUT2D eigenvalue weighted by molar-refractivity contribution is 5.68. The van der Waals surface area contributed by atoms with Crippen LogP contribution in [0, 0.1) is 5.82 Å². The van der Waals surface area contributed by atoms with E-state index in [1.165, 1.54) is 6.07 Å². The highest BCUT2D eigenvalue weighted by Gasteiger charge is 2.34. The number of hydrogen-bond donors (Lipinski definition) is 1. The quantitative estimate of drug-likeness (QED) is 0.852. The number of piperidine rings is 2. The number of likely N-dealkylation sites (tertiary alicyclic amines) is 1. The maximum absolute atomic E-state index is 14.0. The van der Waals surface area contributed by atoms with Crippen LogP contribution in [-0.4, -0.2) is 62.0 Å². The lowest BCUT2D eigenvalue weighted by molar-refractivity contribution is -0.0182. The van der Waals surface area contributed by atoms with Gasteiger partial charge in [0.05, 0.1) is 31.0 Å². The number of carbonyl (C=O) groups excluding carboxylic acids is 1. The molecule has 3 rings (SSSR count). The zero-order valence-corrected chi connectivity index (χ0v) is 16.0. The van der Waals surface area contributed by atoms with Crippen molar-refractivity contribution < 1.29 is 18.7 Å². The Morgan fingerprint density at radius 2 is 1.96 bits per heavy atom. The average molecular weight is 379 g/mol. The maximum atomic E-state index is 14.0. The van der Waals surface area contributed by atoms with Gasteiger partial charge in [-0.25, -0.2) is 9.18 Å². The Bertz CT molecular complexity index is 622. The third-order valence-corrected chi connectivity index (χ3v) is 5.47. The van der Waals surface area contributed by atoms with Crippen molar-refractivity contribution in [1.29, 1.82) is 0 Å². The molecule has 0 radical (unpaired) electrons. The molecule has 2 aliphatic rings. The summed E-state index contributed by atoms with van der Waals surface area (Å²) in [6, 6.07) is 6.62. The van der Waals surface area contributed by atoms with Crippen LogP contribution in [-0.2, 0) is 9.47 Å². The van der Waals surface area contributed by atoms with Gasteiger partial charge in [-0.3, -0.25) is 0 Å². The molecule has 2 aliphatic heterocycles. The monoisotopic (exact) mass is 379 g/mol. The van der Waals surface area contributed by atoms with E-state index in [0.29, 0.717) is 25.4 Å². The summed E-state index contributed by atoms with van der Waals surface area (Å²) in [4.78, 5) is 16.0. The van der Waals surface area contributed by atoms with Crippen molar-refractivity contribution >= 4 is 11.8 Å². The van der Waals surface area contributed by atoms with E-state index in [1.54, 1.807) is 17.9 Å². The van der Waals surface area contributed by atoms with Gasteiger partial charge in [0.2, 0.25) is 0 Å². The van der Waals surface area contributed by atoms with Gasteiger partial charge in [-0.2, -0.15) is 0 Å². The smallest absolute Gasteiger partial charge is 0.410 e. The van der Waals surface area contributed by atoms with E-state index in [1.807, 2.05) is 12.1 Å². The lowest BCUT2D eigenvalue weighted by Gasteiger charge is -2.40. The van der Waals surface area contributed by atoms with Crippen molar-refractivity contribution in [2.75, 3.05) is 37.7 Å². The van der Waals surface area contributed by atoms with Crippen LogP contribution in [0.25, 0.3) is 0 Å². The molecule has 1 aromatic carbocycles. The summed E-state index contributed by atoms with van der Waals surface area (Å²) in [6.07, 6.45) is 3.22. The topological polar surface area (TPSA) is 68.0 Å². The summed E-state index contributed by atoms with van der Waals surface area (Å²) >= 11 is 0. The van der Waals surface area contributed by atoms with Gasteiger partial charge in [-0.15, -0.1) is 0 Å². The van der Waals surface area contributed by atoms with Crippen LogP contribution in [0.3, 0.4) is 0 Å². The number of rotatable bonds is 5. The first-order valence-electron chi connectivity index (χ1n) is 9.90. The number of carbonyl (C=O) groups is 1. The SMILES string of the molecule is CCOC(=O)N1CCC[C@H](N)[C@@H]1COC1CCN(c2ccccc2F)CC1. The third kappa shape index (κ3) is 4.90. The van der Waals surface area contributed by atoms with Crippen molar-refractivity contribution in [3.8, 4) is 0 Å². The van der Waals surface area contributed by atoms with Crippen molar-refractivity contribution in [2.24, 2.45) is 5.73 Å². The van der Waals surface area contributed by atoms with Gasteiger partial charge in [-0.05, 0) is 44.7 Å². The molecule has 0 unspecified atom stereocenters. The zero-order valence-electron chi connectivity index (χ0n) is 16.0. The molecule has 27 heavy (non-hydrogen) atoms. The number of hydrogen-bond acceptors (Lipinski definition) is 5. The second kappa shape index (κ2) is 9.37. The molecule has 2 fully saturated rings. The fraction of sp³-hybridized carbons (Fsp3) is 0.650. The Morgan fingerprint density at radius 1 is 1.22 bits per heavy atom. The van der Waals surface area contributed by atoms with E-state index >= 15 is 0 Å². The van der Waals surface area contributed by atoms with Crippen LogP contribution < -0.4 is 10.6 Å². The summed E-state index contributed by atoms with van der Waals surface area (Å²) in [6.45, 7) is 4.74. The number of halogens is 1. The molecule has 0 aromatic heterocycles. The molecule has 2 heterocycles. The molecule has 0 saturated carbocycles. The molecule has 0 aliphatic carbocycles. The number of anilines is 1. The Morgan fingerprint density at radius 3 is 2.67 bits per heavy atom. The fourth-order valence-corrected chi connectivity index (χ4v) is 3.94. The van der Waals surface area contributed by atoms with Gasteiger partial charge in [0, 0.05) is 25.7 Å². The molecule has 2 N–H and O–H groups in total. The third-order valence-electron chi connectivity index (χ3n) is 5.47. The summed E-state index contributed by atoms with van der Waals surface area (Å²) < 4.78 is 25.2. The molecule has 2 saturated heterocycles. The predicted molar refractivity (Wildman–Crippen MR) is 102 cm³/mol. The first kappa shape index (κ1) is 19.9. The predicted octanol–water partition coefficient (Wildman–Crippen LogP) is 2.76. The van der Waals surface area contributed by atoms with Gasteiger partial charge >= 0.3 is 6.09 Å². The van der Waals surface area contributed by atoms with Gasteiger partial charge in [-0.1, -0.05) is 12.1 Å². The first-order chi connectivity index (χ1) is 13.1. The number of nitrogens with zero attached hydrogens (tertiary/aromatic N) is 2. The maximum Gasteiger partial charge on any atom is 0.410 e. The summed E-state index contributed by atoms with van der Waals surface area (Å²) in [5, 5.41) is 0. The number of para-hydroxylation sites is 1. The number of amides is 1. The fourth-order valence-electron chi connectivity index (χ4n) is 3.94. The van der Waals surface area contributed by atoms with Crippen LogP contribution >= 0.6 is 0 Å². The molecule has 150 valence electrons. The molecule has 1 amide bonds. The van der Waals surface area contributed by atoms with Gasteiger partial charge in [0.25, 0.3) is 0 Å². The first-order valence-corrected chi connectivity index (χ1v) is 9.90. The zero-order chi connectivity index (χ0) is 19.2. The van der Waals surface area contributed by atoms with E-state index in [9.17, 15) is 9.18 Å². The van der Waals surface area contributed by atoms with Crippen molar-refractivity contribution in [2.45, 2.75) is 50.8 Å². The van der Waals surface area contributed by atoms with Crippen LogP contribution in [0.15, 0.2) is 24.3 Å². The normalized spacial score (nSPS) is 24.1. The van der Waals surface area contributed by atoms with E-state index in [0.717, 1.165) is 38.8 Å². The second-order valence-corrected chi connectivity index (χ2v) is 7.24. The minimum absolute atomic E-state index is 0.0957. The molecule has 0 spiro atoms. The van der Waals surface area contributed by atoms with Crippen LogP contribution in [0.5, 0.6) is 0 Å². The van der Waals surface area contributed by atoms with Crippen LogP contribution in [0.2, 0.25) is 0 Å². The number of benzene rings is 1. The standard InChI is InChI=1S/C20H30FN3O3/c1-2-26-20(25)24-11-5-7-17(22)19(24)14-27-15-9-12-23(13-10-15)18-8-4-3-6-16(18)21/h3-4,6,8,15,17,19H,2,5,7,9-14,22H2,1H3/t17-,19-/m0/s1. The molecular formula is C20H30FN3O3. The highest BCUT2D eigenvalue weighted by atomic mass is 19.1. The second-order valence-electron chi connectivity index (χ2n) is 7.24. The highest BCUT2D eigenvalue weighted by Crippen LogP contribution is 2.25. The van der Waals surface area contributed by atoms with E-state index in [2.05, 4.69) is 4.90 Å². The number of nitrogens with two attached hydrogens (primary N) is 1. The van der Waals surface area contributed by atoms with E-state index < -0.39 is 0 Å². The summed E-state index contributed by atoms with van der Waals surface area (Å²) in [5.41, 5.74) is 6.91. The lowest BCUT2D eigenvalue weighted by Crippen LogP contribution is -2.57. The Kier molecular flexibility index (Phi) is 6.90. The summed E-state index contributed by atoms with van der Waals surface area (Å²) in [7, 11) is 0. The van der Waals surface area contributed by atoms with Gasteiger partial charge in [0.15, 0.2) is 0 Å². The van der Waals surface area contributed by atoms with E-state index in [-0.39, 0.29) is 30.1 Å². The van der Waals surface area contributed by atoms with Crippen molar-refractivity contribution in [3.63, 3.8) is 0 Å². The van der Waals surface area contributed by atoms with Crippen LogP contribution in [0.1, 0.15) is 32.6 Å². The Labute approximate surface area is 160 Å². The average Bonchev–Trinajstić information content (AvgIpc) is 2.68. The molecule has 1 aromatic rings. The molecule has 7 heteroatoms. The van der Waals surface area contributed by atoms with Gasteiger partial charge < -0.3 is 25.0 Å². The summed E-state index contributed by atoms with van der Waals surface area (Å²) in [5.74, 6) is -0.185. The molecule has 0 bridgehead atoms.